The monoisotopic (exact) mass is 390 g/mol. The molecule has 0 aliphatic rings. The Bertz CT molecular complexity index is 867. The molecule has 1 heterocycles. The smallest absolute Gasteiger partial charge is 0.383 e. The van der Waals surface area contributed by atoms with Gasteiger partial charge < -0.3 is 24.1 Å². The molecule has 28 heavy (non-hydrogen) atoms. The molecule has 1 aromatic carbocycles. The molecular weight excluding hydrogens is 364 g/mol. The number of rotatable bonds is 12. The number of ether oxygens (including phenoxy) is 2. The van der Waals surface area contributed by atoms with Crippen LogP contribution in [-0.4, -0.2) is 22.8 Å². The zero-order valence-electron chi connectivity index (χ0n) is 16.0. The average molecular weight is 390 g/mol. The second-order valence-corrected chi connectivity index (χ2v) is 6.43. The average Bonchev–Trinajstić information content (AvgIpc) is 2.66. The van der Waals surface area contributed by atoms with Gasteiger partial charge in [-0.3, -0.25) is 0 Å². The van der Waals surface area contributed by atoms with E-state index in [1.165, 1.54) is 50.1 Å². The van der Waals surface area contributed by atoms with Crippen LogP contribution in [0.4, 0.5) is 0 Å². The number of carboxylic acids is 1. The quantitative estimate of drug-likeness (QED) is 0.310. The molecule has 2 N–H and O–H groups in total. The molecule has 0 fully saturated rings. The number of allylic oxidation sites excluding steroid dienone is 1. The van der Waals surface area contributed by atoms with Crippen LogP contribution in [0, 0.1) is 0 Å². The number of fused-ring (bicyclic) bond motifs is 1. The van der Waals surface area contributed by atoms with E-state index in [2.05, 4.69) is 6.92 Å². The van der Waals surface area contributed by atoms with Crippen molar-refractivity contribution in [3.8, 4) is 17.2 Å². The maximum absolute atomic E-state index is 12.1. The molecule has 152 valence electrons. The molecule has 0 aliphatic carbocycles. The van der Waals surface area contributed by atoms with E-state index in [1.807, 2.05) is 0 Å². The van der Waals surface area contributed by atoms with Gasteiger partial charge in [0.1, 0.15) is 16.7 Å². The molecule has 1 aromatic heterocycles. The van der Waals surface area contributed by atoms with Gasteiger partial charge in [0.25, 0.3) is 5.75 Å². The summed E-state index contributed by atoms with van der Waals surface area (Å²) in [5.74, 6) is -1.89. The van der Waals surface area contributed by atoms with Crippen molar-refractivity contribution in [3.05, 3.63) is 41.0 Å². The number of benzene rings is 1. The Hall–Kier alpha value is -2.96. The fraction of sp³-hybridized carbons (Fsp3) is 0.429. The Balaban J connectivity index is 2.06. The summed E-state index contributed by atoms with van der Waals surface area (Å²) in [6.45, 7) is 1.59. The van der Waals surface area contributed by atoms with Crippen molar-refractivity contribution in [2.45, 2.75) is 51.9 Å². The molecule has 7 nitrogen and oxygen atoms in total. The van der Waals surface area contributed by atoms with Gasteiger partial charge in [0.05, 0.1) is 6.26 Å². The van der Waals surface area contributed by atoms with E-state index in [-0.39, 0.29) is 22.5 Å². The number of aliphatic carboxylic acids is 1. The Kier molecular flexibility index (Phi) is 8.39. The van der Waals surface area contributed by atoms with Gasteiger partial charge >= 0.3 is 11.6 Å². The zero-order chi connectivity index (χ0) is 20.4. The molecule has 0 amide bonds. The SMILES string of the molecule is CCCCCCCC/C=C/Oc1c(O)c2c(OCC(=O)O)cccc2oc1=O. The van der Waals surface area contributed by atoms with Gasteiger partial charge in [-0.15, -0.1) is 0 Å². The van der Waals surface area contributed by atoms with Crippen molar-refractivity contribution in [2.24, 2.45) is 0 Å². The van der Waals surface area contributed by atoms with Crippen LogP contribution in [0.1, 0.15) is 51.9 Å². The van der Waals surface area contributed by atoms with Crippen LogP contribution in [-0.2, 0) is 4.79 Å². The predicted molar refractivity (Wildman–Crippen MR) is 105 cm³/mol. The summed E-state index contributed by atoms with van der Waals surface area (Å²) in [7, 11) is 0. The number of unbranched alkanes of at least 4 members (excludes halogenated alkanes) is 6. The number of carbonyl (C=O) groups is 1. The molecule has 0 bridgehead atoms. The van der Waals surface area contributed by atoms with Gasteiger partial charge in [0.2, 0.25) is 0 Å². The predicted octanol–water partition coefficient (Wildman–Crippen LogP) is 4.61. The zero-order valence-corrected chi connectivity index (χ0v) is 16.0. The molecule has 0 saturated heterocycles. The molecule has 0 saturated carbocycles. The van der Waals surface area contributed by atoms with E-state index in [9.17, 15) is 14.7 Å². The van der Waals surface area contributed by atoms with E-state index >= 15 is 0 Å². The molecule has 0 atom stereocenters. The van der Waals surface area contributed by atoms with Crippen LogP contribution in [0.3, 0.4) is 0 Å². The first-order valence-corrected chi connectivity index (χ1v) is 9.49. The van der Waals surface area contributed by atoms with Crippen LogP contribution in [0.5, 0.6) is 17.2 Å². The van der Waals surface area contributed by atoms with Crippen LogP contribution < -0.4 is 15.1 Å². The third-order valence-corrected chi connectivity index (χ3v) is 4.19. The summed E-state index contributed by atoms with van der Waals surface area (Å²) in [4.78, 5) is 22.8. The summed E-state index contributed by atoms with van der Waals surface area (Å²) in [5.41, 5.74) is -0.751. The maximum Gasteiger partial charge on any atom is 0.383 e. The molecule has 0 radical (unpaired) electrons. The molecule has 0 unspecified atom stereocenters. The Labute approximate surface area is 163 Å². The van der Waals surface area contributed by atoms with Crippen LogP contribution in [0.15, 0.2) is 39.7 Å². The summed E-state index contributed by atoms with van der Waals surface area (Å²) in [5, 5.41) is 19.3. The molecule has 2 rings (SSSR count). The second kappa shape index (κ2) is 11.0. The van der Waals surface area contributed by atoms with Crippen molar-refractivity contribution < 1.29 is 28.9 Å². The van der Waals surface area contributed by atoms with Crippen LogP contribution in [0.2, 0.25) is 0 Å². The number of hydrogen-bond donors (Lipinski definition) is 2. The Morgan fingerprint density at radius 3 is 2.68 bits per heavy atom. The molecule has 0 spiro atoms. The number of aromatic hydroxyl groups is 1. The summed E-state index contributed by atoms with van der Waals surface area (Å²) in [6.07, 6.45) is 11.0. The van der Waals surface area contributed by atoms with E-state index in [0.29, 0.717) is 0 Å². The topological polar surface area (TPSA) is 106 Å². The van der Waals surface area contributed by atoms with Crippen molar-refractivity contribution >= 4 is 16.9 Å². The standard InChI is InChI=1S/C21H26O7/c1-2-3-4-5-6-7-8-9-13-26-20-19(24)18-15(27-14-17(22)23)11-10-12-16(18)28-21(20)25/h9-13,24H,2-8,14H2,1H3,(H,22,23)/b13-9+. The van der Waals surface area contributed by atoms with E-state index < -0.39 is 24.0 Å². The third-order valence-electron chi connectivity index (χ3n) is 4.19. The first-order chi connectivity index (χ1) is 13.5. The van der Waals surface area contributed by atoms with Gasteiger partial charge in [-0.2, -0.15) is 0 Å². The van der Waals surface area contributed by atoms with Gasteiger partial charge in [-0.05, 0) is 31.1 Å². The van der Waals surface area contributed by atoms with E-state index in [1.54, 1.807) is 6.08 Å². The van der Waals surface area contributed by atoms with Crippen LogP contribution >= 0.6 is 0 Å². The van der Waals surface area contributed by atoms with Crippen molar-refractivity contribution in [3.63, 3.8) is 0 Å². The molecule has 7 heteroatoms. The van der Waals surface area contributed by atoms with Crippen molar-refractivity contribution in [2.75, 3.05) is 6.61 Å². The van der Waals surface area contributed by atoms with Crippen LogP contribution in [0.25, 0.3) is 11.0 Å². The highest BCUT2D eigenvalue weighted by Gasteiger charge is 2.19. The highest BCUT2D eigenvalue weighted by atomic mass is 16.5. The fourth-order valence-electron chi connectivity index (χ4n) is 2.78. The van der Waals surface area contributed by atoms with E-state index in [4.69, 9.17) is 19.0 Å². The Morgan fingerprint density at radius 1 is 1.18 bits per heavy atom. The molecule has 2 aromatic rings. The number of hydrogen-bond acceptors (Lipinski definition) is 6. The molecular formula is C21H26O7. The first kappa shape index (κ1) is 21.3. The summed E-state index contributed by atoms with van der Waals surface area (Å²) in [6, 6.07) is 4.48. The van der Waals surface area contributed by atoms with Gasteiger partial charge in [0.15, 0.2) is 12.4 Å². The maximum atomic E-state index is 12.1. The highest BCUT2D eigenvalue weighted by Crippen LogP contribution is 2.37. The molecule has 0 aliphatic heterocycles. The largest absolute Gasteiger partial charge is 0.503 e. The minimum absolute atomic E-state index is 0.0776. The van der Waals surface area contributed by atoms with Gasteiger partial charge in [-0.25, -0.2) is 9.59 Å². The third kappa shape index (κ3) is 6.04. The lowest BCUT2D eigenvalue weighted by Crippen LogP contribution is -2.10. The summed E-state index contributed by atoms with van der Waals surface area (Å²) < 4.78 is 15.6. The number of carboxylic acid groups (broad SMARTS) is 1. The fourth-order valence-corrected chi connectivity index (χ4v) is 2.78. The minimum atomic E-state index is -1.16. The first-order valence-electron chi connectivity index (χ1n) is 9.49. The van der Waals surface area contributed by atoms with E-state index in [0.717, 1.165) is 19.3 Å². The Morgan fingerprint density at radius 2 is 1.93 bits per heavy atom. The van der Waals surface area contributed by atoms with Gasteiger partial charge in [-0.1, -0.05) is 45.1 Å². The lowest BCUT2D eigenvalue weighted by molar-refractivity contribution is -0.139. The van der Waals surface area contributed by atoms with Gasteiger partial charge in [0, 0.05) is 0 Å². The summed E-state index contributed by atoms with van der Waals surface area (Å²) >= 11 is 0. The minimum Gasteiger partial charge on any atom is -0.503 e. The normalized spacial score (nSPS) is 11.2. The van der Waals surface area contributed by atoms with Crippen molar-refractivity contribution in [1.29, 1.82) is 0 Å². The highest BCUT2D eigenvalue weighted by molar-refractivity contribution is 5.91. The lowest BCUT2D eigenvalue weighted by atomic mass is 10.1. The van der Waals surface area contributed by atoms with Crippen molar-refractivity contribution in [1.82, 2.24) is 0 Å². The second-order valence-electron chi connectivity index (χ2n) is 6.43. The lowest BCUT2D eigenvalue weighted by Gasteiger charge is -2.10.